The van der Waals surface area contributed by atoms with Crippen molar-refractivity contribution in [2.24, 2.45) is 5.92 Å². The Labute approximate surface area is 96.0 Å². The van der Waals surface area contributed by atoms with Crippen molar-refractivity contribution in [3.05, 3.63) is 23.6 Å². The van der Waals surface area contributed by atoms with Gasteiger partial charge in [0, 0.05) is 12.1 Å². The van der Waals surface area contributed by atoms with Gasteiger partial charge in [-0.3, -0.25) is 0 Å². The number of pyridine rings is 1. The van der Waals surface area contributed by atoms with Crippen LogP contribution in [0.5, 0.6) is 5.88 Å². The fourth-order valence-corrected chi connectivity index (χ4v) is 1.36. The topological polar surface area (TPSA) is 34.1 Å². The van der Waals surface area contributed by atoms with Gasteiger partial charge in [0.05, 0.1) is 12.8 Å². The molecule has 4 heteroatoms. The Balaban J connectivity index is 2.64. The number of rotatable bonds is 6. The Morgan fingerprint density at radius 2 is 2.25 bits per heavy atom. The van der Waals surface area contributed by atoms with Crippen molar-refractivity contribution in [3.8, 4) is 5.88 Å². The molecule has 1 aromatic rings. The minimum Gasteiger partial charge on any atom is -0.478 e. The molecule has 1 heterocycles. The highest BCUT2D eigenvalue weighted by atomic mass is 19.1. The number of nitrogens with zero attached hydrogens (tertiary/aromatic N) is 1. The highest BCUT2D eigenvalue weighted by Crippen LogP contribution is 2.15. The largest absolute Gasteiger partial charge is 0.478 e. The monoisotopic (exact) mass is 226 g/mol. The summed E-state index contributed by atoms with van der Waals surface area (Å²) in [5.74, 6) is 0.752. The van der Waals surface area contributed by atoms with Gasteiger partial charge in [-0.15, -0.1) is 0 Å². The van der Waals surface area contributed by atoms with Gasteiger partial charge in [-0.1, -0.05) is 13.8 Å². The van der Waals surface area contributed by atoms with Crippen LogP contribution in [-0.2, 0) is 6.54 Å². The molecule has 0 aliphatic rings. The van der Waals surface area contributed by atoms with Crippen molar-refractivity contribution in [1.29, 1.82) is 0 Å². The van der Waals surface area contributed by atoms with E-state index in [0.717, 1.165) is 12.1 Å². The Bertz CT molecular complexity index is 329. The van der Waals surface area contributed by atoms with Crippen LogP contribution in [0.15, 0.2) is 12.3 Å². The van der Waals surface area contributed by atoms with Gasteiger partial charge in [0.15, 0.2) is 0 Å². The molecule has 0 atom stereocenters. The fraction of sp³-hybridized carbons (Fsp3) is 0.583. The smallest absolute Gasteiger partial charge is 0.218 e. The molecule has 0 aliphatic heterocycles. The van der Waals surface area contributed by atoms with E-state index in [1.54, 1.807) is 0 Å². The number of hydrogen-bond acceptors (Lipinski definition) is 3. The Morgan fingerprint density at radius 3 is 2.88 bits per heavy atom. The van der Waals surface area contributed by atoms with E-state index in [9.17, 15) is 4.39 Å². The molecule has 0 spiro atoms. The first-order chi connectivity index (χ1) is 7.63. The van der Waals surface area contributed by atoms with Gasteiger partial charge in [-0.05, 0) is 25.5 Å². The van der Waals surface area contributed by atoms with Crippen LogP contribution in [0.3, 0.4) is 0 Å². The molecule has 90 valence electrons. The van der Waals surface area contributed by atoms with Crippen molar-refractivity contribution in [2.45, 2.75) is 27.3 Å². The molecule has 0 saturated heterocycles. The van der Waals surface area contributed by atoms with Crippen LogP contribution in [0.2, 0.25) is 0 Å². The maximum Gasteiger partial charge on any atom is 0.218 e. The van der Waals surface area contributed by atoms with E-state index in [1.165, 1.54) is 12.3 Å². The van der Waals surface area contributed by atoms with Gasteiger partial charge in [0.1, 0.15) is 5.82 Å². The molecule has 0 unspecified atom stereocenters. The van der Waals surface area contributed by atoms with E-state index in [4.69, 9.17) is 4.74 Å². The quantitative estimate of drug-likeness (QED) is 0.808. The minimum absolute atomic E-state index is 0.329. The lowest BCUT2D eigenvalue weighted by molar-refractivity contribution is 0.320. The first kappa shape index (κ1) is 12.9. The third-order valence-electron chi connectivity index (χ3n) is 2.04. The van der Waals surface area contributed by atoms with Crippen LogP contribution >= 0.6 is 0 Å². The number of hydrogen-bond donors (Lipinski definition) is 1. The molecule has 1 N–H and O–H groups in total. The lowest BCUT2D eigenvalue weighted by Gasteiger charge is -2.11. The van der Waals surface area contributed by atoms with Crippen molar-refractivity contribution < 1.29 is 9.13 Å². The Morgan fingerprint density at radius 1 is 1.50 bits per heavy atom. The summed E-state index contributed by atoms with van der Waals surface area (Å²) >= 11 is 0. The molecular weight excluding hydrogens is 207 g/mol. The molecule has 16 heavy (non-hydrogen) atoms. The third kappa shape index (κ3) is 4.14. The highest BCUT2D eigenvalue weighted by Gasteiger charge is 2.06. The van der Waals surface area contributed by atoms with Gasteiger partial charge in [-0.2, -0.15) is 0 Å². The SMILES string of the molecule is CCOc1ncc(F)cc1CNCC(C)C. The number of aromatic nitrogens is 1. The van der Waals surface area contributed by atoms with E-state index in [-0.39, 0.29) is 5.82 Å². The van der Waals surface area contributed by atoms with Gasteiger partial charge < -0.3 is 10.1 Å². The predicted octanol–water partition coefficient (Wildman–Crippen LogP) is 2.37. The zero-order valence-electron chi connectivity index (χ0n) is 10.1. The maximum absolute atomic E-state index is 13.0. The molecule has 0 radical (unpaired) electrons. The molecule has 0 aliphatic carbocycles. The fourth-order valence-electron chi connectivity index (χ4n) is 1.36. The minimum atomic E-state index is -0.329. The third-order valence-corrected chi connectivity index (χ3v) is 2.04. The number of halogens is 1. The van der Waals surface area contributed by atoms with Gasteiger partial charge in [0.25, 0.3) is 0 Å². The first-order valence-corrected chi connectivity index (χ1v) is 5.61. The van der Waals surface area contributed by atoms with E-state index in [0.29, 0.717) is 24.9 Å². The summed E-state index contributed by atoms with van der Waals surface area (Å²) in [5.41, 5.74) is 0.766. The standard InChI is InChI=1S/C12H19FN2O/c1-4-16-12-10(5-11(13)8-15-12)7-14-6-9(2)3/h5,8-9,14H,4,6-7H2,1-3H3. The second-order valence-corrected chi connectivity index (χ2v) is 4.08. The number of ether oxygens (including phenoxy) is 1. The number of nitrogens with one attached hydrogen (secondary N) is 1. The normalized spacial score (nSPS) is 10.8. The summed E-state index contributed by atoms with van der Waals surface area (Å²) in [6.45, 7) is 8.15. The molecule has 3 nitrogen and oxygen atoms in total. The second-order valence-electron chi connectivity index (χ2n) is 4.08. The van der Waals surface area contributed by atoms with Crippen LogP contribution in [-0.4, -0.2) is 18.1 Å². The van der Waals surface area contributed by atoms with Crippen LogP contribution in [0.1, 0.15) is 26.3 Å². The summed E-state index contributed by atoms with van der Waals surface area (Å²) in [7, 11) is 0. The maximum atomic E-state index is 13.0. The summed E-state index contributed by atoms with van der Waals surface area (Å²) in [6.07, 6.45) is 1.18. The van der Waals surface area contributed by atoms with E-state index < -0.39 is 0 Å². The van der Waals surface area contributed by atoms with Crippen molar-refractivity contribution >= 4 is 0 Å². The van der Waals surface area contributed by atoms with Gasteiger partial charge in [0.2, 0.25) is 5.88 Å². The lowest BCUT2D eigenvalue weighted by atomic mass is 10.2. The lowest BCUT2D eigenvalue weighted by Crippen LogP contribution is -2.19. The van der Waals surface area contributed by atoms with Crippen LogP contribution < -0.4 is 10.1 Å². The Kier molecular flexibility index (Phi) is 5.19. The van der Waals surface area contributed by atoms with Gasteiger partial charge in [-0.25, -0.2) is 9.37 Å². The van der Waals surface area contributed by atoms with Crippen molar-refractivity contribution in [1.82, 2.24) is 10.3 Å². The molecule has 0 bridgehead atoms. The van der Waals surface area contributed by atoms with E-state index in [2.05, 4.69) is 24.1 Å². The average molecular weight is 226 g/mol. The van der Waals surface area contributed by atoms with Gasteiger partial charge >= 0.3 is 0 Å². The predicted molar refractivity (Wildman–Crippen MR) is 61.9 cm³/mol. The summed E-state index contributed by atoms with van der Waals surface area (Å²) < 4.78 is 18.4. The molecule has 0 amide bonds. The highest BCUT2D eigenvalue weighted by molar-refractivity contribution is 5.26. The zero-order chi connectivity index (χ0) is 12.0. The van der Waals surface area contributed by atoms with E-state index in [1.807, 2.05) is 6.92 Å². The second kappa shape index (κ2) is 6.43. The molecular formula is C12H19FN2O. The van der Waals surface area contributed by atoms with Crippen LogP contribution in [0.4, 0.5) is 4.39 Å². The molecule has 0 saturated carbocycles. The first-order valence-electron chi connectivity index (χ1n) is 5.61. The molecule has 0 aromatic carbocycles. The summed E-state index contributed by atoms with van der Waals surface area (Å²) in [5, 5.41) is 3.24. The zero-order valence-corrected chi connectivity index (χ0v) is 10.1. The molecule has 1 rings (SSSR count). The van der Waals surface area contributed by atoms with Crippen LogP contribution in [0, 0.1) is 11.7 Å². The average Bonchev–Trinajstić information content (AvgIpc) is 2.21. The Hall–Kier alpha value is -1.16. The molecule has 1 aromatic heterocycles. The van der Waals surface area contributed by atoms with E-state index >= 15 is 0 Å². The summed E-state index contributed by atoms with van der Waals surface area (Å²) in [4.78, 5) is 3.93. The summed E-state index contributed by atoms with van der Waals surface area (Å²) in [6, 6.07) is 1.46. The van der Waals surface area contributed by atoms with Crippen LogP contribution in [0.25, 0.3) is 0 Å². The molecule has 0 fully saturated rings. The van der Waals surface area contributed by atoms with Crippen molar-refractivity contribution in [3.63, 3.8) is 0 Å². The van der Waals surface area contributed by atoms with Crippen molar-refractivity contribution in [2.75, 3.05) is 13.2 Å².